The predicted molar refractivity (Wildman–Crippen MR) is 61.3 cm³/mol. The first-order valence-corrected chi connectivity index (χ1v) is 5.63. The molecule has 0 spiro atoms. The average molecular weight is 228 g/mol. The van der Waals surface area contributed by atoms with Crippen molar-refractivity contribution in [3.63, 3.8) is 0 Å². The molecular weight excluding hydrogens is 208 g/mol. The normalized spacial score (nSPS) is 12.0. The maximum atomic E-state index is 10.7. The summed E-state index contributed by atoms with van der Waals surface area (Å²) >= 11 is 0. The summed E-state index contributed by atoms with van der Waals surface area (Å²) in [7, 11) is 0. The highest BCUT2D eigenvalue weighted by molar-refractivity contribution is 5.77. The van der Waals surface area contributed by atoms with Gasteiger partial charge < -0.3 is 10.2 Å². The zero-order chi connectivity index (χ0) is 12.4. The van der Waals surface area contributed by atoms with E-state index in [4.69, 9.17) is 10.2 Å². The lowest BCUT2D eigenvalue weighted by atomic mass is 9.97. The summed E-state index contributed by atoms with van der Waals surface area (Å²) in [5, 5.41) is 17.3. The van der Waals surface area contributed by atoms with Crippen LogP contribution in [0.25, 0.3) is 0 Å². The summed E-state index contributed by atoms with van der Waals surface area (Å²) < 4.78 is 0. The molecule has 4 heteroatoms. The number of allylic oxidation sites excluding steroid dienone is 1. The number of carboxylic acid groups (broad SMARTS) is 2. The van der Waals surface area contributed by atoms with Crippen molar-refractivity contribution in [3.8, 4) is 0 Å². The Bertz CT molecular complexity index is 235. The lowest BCUT2D eigenvalue weighted by Gasteiger charge is -2.08. The molecule has 16 heavy (non-hydrogen) atoms. The number of aliphatic carboxylic acids is 2. The van der Waals surface area contributed by atoms with Crippen molar-refractivity contribution in [2.75, 3.05) is 0 Å². The molecule has 0 rings (SSSR count). The second kappa shape index (κ2) is 8.95. The average Bonchev–Trinajstić information content (AvgIpc) is 2.20. The quantitative estimate of drug-likeness (QED) is 0.445. The molecule has 0 radical (unpaired) electrons. The largest absolute Gasteiger partial charge is 0.481 e. The molecule has 0 saturated carbocycles. The first-order valence-electron chi connectivity index (χ1n) is 5.63. The standard InChI is InChI=1S/C12H20O4/c1-2-3-4-5-6-7-8-10(12(15)16)9-11(13)14/h2,10H,1,3-9H2,(H,13,14)(H,15,16). The van der Waals surface area contributed by atoms with Crippen LogP contribution in [0.15, 0.2) is 12.7 Å². The molecule has 1 atom stereocenters. The zero-order valence-corrected chi connectivity index (χ0v) is 9.52. The van der Waals surface area contributed by atoms with Gasteiger partial charge in [0.2, 0.25) is 0 Å². The Morgan fingerprint density at radius 2 is 1.75 bits per heavy atom. The van der Waals surface area contributed by atoms with Crippen molar-refractivity contribution >= 4 is 11.9 Å². The van der Waals surface area contributed by atoms with Gasteiger partial charge in [-0.2, -0.15) is 0 Å². The second-order valence-corrected chi connectivity index (χ2v) is 3.91. The molecule has 0 aliphatic carbocycles. The highest BCUT2D eigenvalue weighted by atomic mass is 16.4. The van der Waals surface area contributed by atoms with Crippen LogP contribution in [0.3, 0.4) is 0 Å². The monoisotopic (exact) mass is 228 g/mol. The minimum absolute atomic E-state index is 0.276. The summed E-state index contributed by atoms with van der Waals surface area (Å²) in [5.74, 6) is -2.79. The molecule has 2 N–H and O–H groups in total. The number of rotatable bonds is 10. The molecule has 0 saturated heterocycles. The minimum atomic E-state index is -1.04. The van der Waals surface area contributed by atoms with E-state index in [1.54, 1.807) is 0 Å². The highest BCUT2D eigenvalue weighted by Gasteiger charge is 2.19. The van der Waals surface area contributed by atoms with Gasteiger partial charge in [-0.1, -0.05) is 25.3 Å². The molecule has 0 aromatic carbocycles. The minimum Gasteiger partial charge on any atom is -0.481 e. The van der Waals surface area contributed by atoms with E-state index in [9.17, 15) is 9.59 Å². The SMILES string of the molecule is C=CCCCCCCC(CC(=O)O)C(=O)O. The fourth-order valence-corrected chi connectivity index (χ4v) is 1.56. The molecule has 92 valence electrons. The van der Waals surface area contributed by atoms with E-state index in [1.165, 1.54) is 0 Å². The van der Waals surface area contributed by atoms with Crippen LogP contribution in [0.1, 0.15) is 44.9 Å². The van der Waals surface area contributed by atoms with Crippen molar-refractivity contribution in [1.82, 2.24) is 0 Å². The van der Waals surface area contributed by atoms with Crippen LogP contribution in [0.4, 0.5) is 0 Å². The topological polar surface area (TPSA) is 74.6 Å². The fourth-order valence-electron chi connectivity index (χ4n) is 1.56. The van der Waals surface area contributed by atoms with E-state index in [1.807, 2.05) is 6.08 Å². The van der Waals surface area contributed by atoms with Crippen molar-refractivity contribution in [1.29, 1.82) is 0 Å². The fraction of sp³-hybridized carbons (Fsp3) is 0.667. The number of carboxylic acids is 2. The van der Waals surface area contributed by atoms with Crippen LogP contribution in [-0.2, 0) is 9.59 Å². The summed E-state index contributed by atoms with van der Waals surface area (Å²) in [6.07, 6.45) is 6.88. The van der Waals surface area contributed by atoms with Crippen molar-refractivity contribution in [2.24, 2.45) is 5.92 Å². The molecule has 0 aliphatic rings. The molecule has 0 amide bonds. The van der Waals surface area contributed by atoms with Crippen LogP contribution in [0.2, 0.25) is 0 Å². The molecular formula is C12H20O4. The van der Waals surface area contributed by atoms with Crippen LogP contribution in [-0.4, -0.2) is 22.2 Å². The first-order chi connectivity index (χ1) is 7.57. The molecule has 0 aromatic rings. The Balaban J connectivity index is 3.64. The number of hydrogen-bond donors (Lipinski definition) is 2. The van der Waals surface area contributed by atoms with Crippen LogP contribution < -0.4 is 0 Å². The Hall–Kier alpha value is -1.32. The second-order valence-electron chi connectivity index (χ2n) is 3.91. The van der Waals surface area contributed by atoms with Crippen molar-refractivity contribution in [2.45, 2.75) is 44.9 Å². The Labute approximate surface area is 96.0 Å². The van der Waals surface area contributed by atoms with Gasteiger partial charge in [0.25, 0.3) is 0 Å². The van der Waals surface area contributed by atoms with E-state index < -0.39 is 17.9 Å². The summed E-state index contributed by atoms with van der Waals surface area (Å²) in [6.45, 7) is 3.62. The zero-order valence-electron chi connectivity index (χ0n) is 9.52. The summed E-state index contributed by atoms with van der Waals surface area (Å²) in [5.41, 5.74) is 0. The molecule has 0 heterocycles. The van der Waals surface area contributed by atoms with Crippen LogP contribution >= 0.6 is 0 Å². The number of hydrogen-bond acceptors (Lipinski definition) is 2. The maximum absolute atomic E-state index is 10.7. The molecule has 0 aliphatic heterocycles. The third-order valence-corrected chi connectivity index (χ3v) is 2.48. The Morgan fingerprint density at radius 1 is 1.12 bits per heavy atom. The molecule has 0 aromatic heterocycles. The third-order valence-electron chi connectivity index (χ3n) is 2.48. The van der Waals surface area contributed by atoms with E-state index in [0.717, 1.165) is 32.1 Å². The van der Waals surface area contributed by atoms with Gasteiger partial charge in [-0.15, -0.1) is 6.58 Å². The van der Waals surface area contributed by atoms with Crippen molar-refractivity contribution < 1.29 is 19.8 Å². The number of carbonyl (C=O) groups is 2. The molecule has 4 nitrogen and oxygen atoms in total. The van der Waals surface area contributed by atoms with Gasteiger partial charge in [0, 0.05) is 0 Å². The highest BCUT2D eigenvalue weighted by Crippen LogP contribution is 2.15. The Kier molecular flexibility index (Phi) is 8.21. The molecule has 1 unspecified atom stereocenters. The predicted octanol–water partition coefficient (Wildman–Crippen LogP) is 2.69. The molecule has 0 bridgehead atoms. The molecule has 0 fully saturated rings. The van der Waals surface area contributed by atoms with Gasteiger partial charge in [-0.05, 0) is 19.3 Å². The van der Waals surface area contributed by atoms with E-state index in [0.29, 0.717) is 6.42 Å². The lowest BCUT2D eigenvalue weighted by molar-refractivity contribution is -0.148. The van der Waals surface area contributed by atoms with Gasteiger partial charge in [-0.3, -0.25) is 9.59 Å². The van der Waals surface area contributed by atoms with Crippen LogP contribution in [0, 0.1) is 5.92 Å². The van der Waals surface area contributed by atoms with Gasteiger partial charge in [-0.25, -0.2) is 0 Å². The lowest BCUT2D eigenvalue weighted by Crippen LogP contribution is -2.17. The van der Waals surface area contributed by atoms with Gasteiger partial charge in [0.1, 0.15) is 0 Å². The van der Waals surface area contributed by atoms with E-state index in [2.05, 4.69) is 6.58 Å². The van der Waals surface area contributed by atoms with Crippen molar-refractivity contribution in [3.05, 3.63) is 12.7 Å². The summed E-state index contributed by atoms with van der Waals surface area (Å²) in [6, 6.07) is 0. The van der Waals surface area contributed by atoms with Gasteiger partial charge in [0.15, 0.2) is 0 Å². The Morgan fingerprint density at radius 3 is 2.25 bits per heavy atom. The number of unbranched alkanes of at least 4 members (excludes halogenated alkanes) is 4. The van der Waals surface area contributed by atoms with E-state index in [-0.39, 0.29) is 6.42 Å². The smallest absolute Gasteiger partial charge is 0.307 e. The van der Waals surface area contributed by atoms with E-state index >= 15 is 0 Å². The summed E-state index contributed by atoms with van der Waals surface area (Å²) in [4.78, 5) is 21.1. The third kappa shape index (κ3) is 8.03. The van der Waals surface area contributed by atoms with Gasteiger partial charge >= 0.3 is 11.9 Å². The first kappa shape index (κ1) is 14.7. The van der Waals surface area contributed by atoms with Crippen LogP contribution in [0.5, 0.6) is 0 Å². The van der Waals surface area contributed by atoms with Gasteiger partial charge in [0.05, 0.1) is 12.3 Å². The maximum Gasteiger partial charge on any atom is 0.307 e.